The molecule has 0 unspecified atom stereocenters. The largest absolute Gasteiger partial charge is 0.513 e. The van der Waals surface area contributed by atoms with Crippen molar-refractivity contribution in [3.05, 3.63) is 41.5 Å². The van der Waals surface area contributed by atoms with Gasteiger partial charge in [-0.15, -0.1) is 0 Å². The molecular formula is C21H24O7. The molecule has 150 valence electrons. The molecule has 0 N–H and O–H groups in total. The lowest BCUT2D eigenvalue weighted by Gasteiger charge is -2.12. The van der Waals surface area contributed by atoms with E-state index in [9.17, 15) is 4.79 Å². The Balaban J connectivity index is 2.30. The summed E-state index contributed by atoms with van der Waals surface area (Å²) >= 11 is 0. The Morgan fingerprint density at radius 3 is 2.00 bits per heavy atom. The molecular weight excluding hydrogens is 364 g/mol. The molecule has 0 aliphatic heterocycles. The van der Waals surface area contributed by atoms with Crippen LogP contribution in [0.25, 0.3) is 12.2 Å². The number of hydrogen-bond acceptors (Lipinski definition) is 7. The van der Waals surface area contributed by atoms with Crippen molar-refractivity contribution >= 4 is 18.3 Å². The minimum Gasteiger partial charge on any atom is -0.496 e. The zero-order valence-electron chi connectivity index (χ0n) is 16.6. The van der Waals surface area contributed by atoms with Gasteiger partial charge in [0.05, 0.1) is 35.0 Å². The first-order chi connectivity index (χ1) is 13.6. The van der Waals surface area contributed by atoms with Crippen molar-refractivity contribution in [2.24, 2.45) is 0 Å². The van der Waals surface area contributed by atoms with Crippen LogP contribution in [0.15, 0.2) is 30.3 Å². The number of hydrogen-bond donors (Lipinski definition) is 0. The normalized spacial score (nSPS) is 10.5. The van der Waals surface area contributed by atoms with Crippen LogP contribution in [-0.2, 0) is 4.74 Å². The molecule has 0 aromatic heterocycles. The van der Waals surface area contributed by atoms with E-state index in [1.807, 2.05) is 18.2 Å². The fourth-order valence-electron chi connectivity index (χ4n) is 2.48. The lowest BCUT2D eigenvalue weighted by Crippen LogP contribution is -2.10. The van der Waals surface area contributed by atoms with Crippen molar-refractivity contribution in [2.45, 2.75) is 6.92 Å². The van der Waals surface area contributed by atoms with Crippen LogP contribution in [0.1, 0.15) is 18.1 Å². The smallest absolute Gasteiger partial charge is 0.496 e. The first kappa shape index (κ1) is 21.0. The maximum absolute atomic E-state index is 11.5. The molecule has 0 radical (unpaired) electrons. The summed E-state index contributed by atoms with van der Waals surface area (Å²) < 4.78 is 31.3. The van der Waals surface area contributed by atoms with E-state index in [4.69, 9.17) is 28.4 Å². The van der Waals surface area contributed by atoms with E-state index in [1.165, 1.54) is 7.11 Å². The molecule has 0 saturated heterocycles. The molecule has 2 rings (SSSR count). The van der Waals surface area contributed by atoms with E-state index < -0.39 is 6.16 Å². The second-order valence-corrected chi connectivity index (χ2v) is 5.48. The van der Waals surface area contributed by atoms with Gasteiger partial charge in [0.25, 0.3) is 0 Å². The van der Waals surface area contributed by atoms with E-state index in [-0.39, 0.29) is 12.4 Å². The summed E-state index contributed by atoms with van der Waals surface area (Å²) in [5, 5.41) is 0. The summed E-state index contributed by atoms with van der Waals surface area (Å²) in [5.41, 5.74) is 1.65. The summed E-state index contributed by atoms with van der Waals surface area (Å²) in [6, 6.07) is 8.76. The van der Waals surface area contributed by atoms with Crippen LogP contribution in [0.3, 0.4) is 0 Å². The summed E-state index contributed by atoms with van der Waals surface area (Å²) in [5.74, 6) is 2.51. The van der Waals surface area contributed by atoms with E-state index >= 15 is 0 Å². The molecule has 0 bridgehead atoms. The molecule has 0 aliphatic carbocycles. The number of methoxy groups -OCH3 is 4. The fraction of sp³-hybridized carbons (Fsp3) is 0.286. The minimum atomic E-state index is -0.779. The van der Waals surface area contributed by atoms with E-state index in [1.54, 1.807) is 52.5 Å². The lowest BCUT2D eigenvalue weighted by atomic mass is 10.1. The Morgan fingerprint density at radius 2 is 1.39 bits per heavy atom. The van der Waals surface area contributed by atoms with Gasteiger partial charge in [0.1, 0.15) is 5.75 Å². The fourth-order valence-corrected chi connectivity index (χ4v) is 2.48. The molecule has 0 atom stereocenters. The average molecular weight is 388 g/mol. The second kappa shape index (κ2) is 10.1. The molecule has 28 heavy (non-hydrogen) atoms. The van der Waals surface area contributed by atoms with Gasteiger partial charge in [-0.3, -0.25) is 0 Å². The van der Waals surface area contributed by atoms with Gasteiger partial charge in [-0.2, -0.15) is 0 Å². The van der Waals surface area contributed by atoms with Gasteiger partial charge in [0, 0.05) is 11.6 Å². The van der Waals surface area contributed by atoms with Crippen LogP contribution in [0.5, 0.6) is 28.7 Å². The molecule has 0 amide bonds. The quantitative estimate of drug-likeness (QED) is 0.376. The summed E-state index contributed by atoms with van der Waals surface area (Å²) in [4.78, 5) is 11.5. The van der Waals surface area contributed by atoms with Gasteiger partial charge in [-0.25, -0.2) is 4.79 Å². The Labute approximate surface area is 164 Å². The maximum Gasteiger partial charge on any atom is 0.513 e. The SMILES string of the molecule is CCOC(=O)Oc1ccc(C=Cc2cc(OC)c(OC)cc2OC)cc1OC. The Hall–Kier alpha value is -3.35. The van der Waals surface area contributed by atoms with Gasteiger partial charge in [-0.1, -0.05) is 18.2 Å². The number of carbonyl (C=O) groups is 1. The van der Waals surface area contributed by atoms with Gasteiger partial charge < -0.3 is 28.4 Å². The highest BCUT2D eigenvalue weighted by Gasteiger charge is 2.12. The van der Waals surface area contributed by atoms with Crippen LogP contribution < -0.4 is 23.7 Å². The number of carbonyl (C=O) groups excluding carboxylic acids is 1. The zero-order chi connectivity index (χ0) is 20.5. The van der Waals surface area contributed by atoms with Crippen molar-refractivity contribution in [1.29, 1.82) is 0 Å². The highest BCUT2D eigenvalue weighted by Crippen LogP contribution is 2.36. The van der Waals surface area contributed by atoms with Crippen LogP contribution in [0, 0.1) is 0 Å². The van der Waals surface area contributed by atoms with Crippen LogP contribution >= 0.6 is 0 Å². The van der Waals surface area contributed by atoms with Crippen molar-refractivity contribution in [3.63, 3.8) is 0 Å². The predicted octanol–water partition coefficient (Wildman–Crippen LogP) is 4.43. The van der Waals surface area contributed by atoms with Crippen LogP contribution in [-0.4, -0.2) is 41.2 Å². The van der Waals surface area contributed by atoms with Gasteiger partial charge in [0.2, 0.25) is 0 Å². The Morgan fingerprint density at radius 1 is 0.786 bits per heavy atom. The molecule has 0 spiro atoms. The van der Waals surface area contributed by atoms with E-state index in [0.29, 0.717) is 23.0 Å². The molecule has 7 heteroatoms. The van der Waals surface area contributed by atoms with E-state index in [2.05, 4.69) is 0 Å². The molecule has 7 nitrogen and oxygen atoms in total. The highest BCUT2D eigenvalue weighted by atomic mass is 16.7. The van der Waals surface area contributed by atoms with Crippen LogP contribution in [0.4, 0.5) is 4.79 Å². The van der Waals surface area contributed by atoms with E-state index in [0.717, 1.165) is 11.1 Å². The maximum atomic E-state index is 11.5. The molecule has 0 fully saturated rings. The average Bonchev–Trinajstić information content (AvgIpc) is 2.72. The molecule has 0 aliphatic rings. The monoisotopic (exact) mass is 388 g/mol. The standard InChI is InChI=1S/C21H24O7/c1-6-27-21(22)28-16-10-8-14(11-18(16)24-3)7-9-15-12-19(25-4)20(26-5)13-17(15)23-2/h7-13H,6H2,1-5H3. The molecule has 0 saturated carbocycles. The van der Waals surface area contributed by atoms with Gasteiger partial charge in [-0.05, 0) is 30.7 Å². The minimum absolute atomic E-state index is 0.231. The Kier molecular flexibility index (Phi) is 7.56. The van der Waals surface area contributed by atoms with Gasteiger partial charge in [0.15, 0.2) is 23.0 Å². The summed E-state index contributed by atoms with van der Waals surface area (Å²) in [6.45, 7) is 1.93. The van der Waals surface area contributed by atoms with Crippen molar-refractivity contribution in [2.75, 3.05) is 35.0 Å². The number of rotatable bonds is 8. The topological polar surface area (TPSA) is 72.5 Å². The van der Waals surface area contributed by atoms with Crippen molar-refractivity contribution in [3.8, 4) is 28.7 Å². The third-order valence-corrected chi connectivity index (χ3v) is 3.83. The third-order valence-electron chi connectivity index (χ3n) is 3.83. The first-order valence-corrected chi connectivity index (χ1v) is 8.57. The Bertz CT molecular complexity index is 843. The summed E-state index contributed by atoms with van der Waals surface area (Å²) in [6.07, 6.45) is 2.97. The number of benzene rings is 2. The second-order valence-electron chi connectivity index (χ2n) is 5.48. The zero-order valence-corrected chi connectivity index (χ0v) is 16.6. The molecule has 2 aromatic carbocycles. The van der Waals surface area contributed by atoms with Gasteiger partial charge >= 0.3 is 6.16 Å². The predicted molar refractivity (Wildman–Crippen MR) is 106 cm³/mol. The first-order valence-electron chi connectivity index (χ1n) is 8.57. The highest BCUT2D eigenvalue weighted by molar-refractivity contribution is 5.76. The third kappa shape index (κ3) is 5.09. The summed E-state index contributed by atoms with van der Waals surface area (Å²) in [7, 11) is 6.23. The van der Waals surface area contributed by atoms with Crippen molar-refractivity contribution in [1.82, 2.24) is 0 Å². The van der Waals surface area contributed by atoms with Crippen LogP contribution in [0.2, 0.25) is 0 Å². The molecule has 0 heterocycles. The molecule has 2 aromatic rings. The van der Waals surface area contributed by atoms with Crippen molar-refractivity contribution < 1.29 is 33.2 Å². The number of ether oxygens (including phenoxy) is 6. The lowest BCUT2D eigenvalue weighted by molar-refractivity contribution is 0.103.